The first-order valence-electron chi connectivity index (χ1n) is 5.38. The minimum atomic E-state index is -0.0868. The van der Waals surface area contributed by atoms with Crippen molar-refractivity contribution in [2.75, 3.05) is 18.1 Å². The number of furan rings is 1. The minimum Gasteiger partial charge on any atom is -0.467 e. The van der Waals surface area contributed by atoms with Crippen LogP contribution in [0.15, 0.2) is 27.8 Å². The lowest BCUT2D eigenvalue weighted by Gasteiger charge is -2.10. The van der Waals surface area contributed by atoms with Crippen LogP contribution >= 0.6 is 23.5 Å². The third-order valence-electron chi connectivity index (χ3n) is 2.23. The average Bonchev–Trinajstić information content (AvgIpc) is 2.99. The summed E-state index contributed by atoms with van der Waals surface area (Å²) in [5, 5.41) is 2.89. The second kappa shape index (κ2) is 6.16. The second-order valence-corrected chi connectivity index (χ2v) is 5.90. The molecule has 1 aromatic rings. The normalized spacial score (nSPS) is 16.6. The van der Waals surface area contributed by atoms with E-state index in [9.17, 15) is 4.79 Å². The number of carbonyl (C=O) groups is 1. The van der Waals surface area contributed by atoms with Gasteiger partial charge in [-0.2, -0.15) is 0 Å². The molecule has 0 aliphatic carbocycles. The Bertz CT molecular complexity index is 404. The number of rotatable bonds is 4. The van der Waals surface area contributed by atoms with Crippen molar-refractivity contribution >= 4 is 33.8 Å². The van der Waals surface area contributed by atoms with E-state index in [4.69, 9.17) is 4.42 Å². The number of hydrogen-bond donors (Lipinski definition) is 1. The molecule has 4 nitrogen and oxygen atoms in total. The summed E-state index contributed by atoms with van der Waals surface area (Å²) >= 11 is 3.22. The Morgan fingerprint density at radius 2 is 2.65 bits per heavy atom. The molecule has 2 heterocycles. The lowest BCUT2D eigenvalue weighted by molar-refractivity contribution is -0.119. The molecule has 1 amide bonds. The van der Waals surface area contributed by atoms with Gasteiger partial charge in [0.1, 0.15) is 10.1 Å². The van der Waals surface area contributed by atoms with Crippen molar-refractivity contribution in [2.24, 2.45) is 4.99 Å². The van der Waals surface area contributed by atoms with Crippen LogP contribution in [0.2, 0.25) is 0 Å². The van der Waals surface area contributed by atoms with Gasteiger partial charge in [0, 0.05) is 5.75 Å². The van der Waals surface area contributed by atoms with Gasteiger partial charge in [-0.3, -0.25) is 9.79 Å². The average molecular weight is 270 g/mol. The number of nitrogens with one attached hydrogen (secondary N) is 1. The molecule has 0 fully saturated rings. The van der Waals surface area contributed by atoms with Gasteiger partial charge in [0.2, 0.25) is 5.91 Å². The largest absolute Gasteiger partial charge is 0.467 e. The van der Waals surface area contributed by atoms with E-state index in [2.05, 4.69) is 10.3 Å². The monoisotopic (exact) mass is 270 g/mol. The van der Waals surface area contributed by atoms with Crippen LogP contribution in [0.4, 0.5) is 0 Å². The van der Waals surface area contributed by atoms with Gasteiger partial charge in [0.15, 0.2) is 0 Å². The summed E-state index contributed by atoms with van der Waals surface area (Å²) in [5.74, 6) is 2.23. The van der Waals surface area contributed by atoms with Crippen molar-refractivity contribution in [3.63, 3.8) is 0 Å². The van der Waals surface area contributed by atoms with Gasteiger partial charge >= 0.3 is 0 Å². The quantitative estimate of drug-likeness (QED) is 0.912. The fourth-order valence-electron chi connectivity index (χ4n) is 1.42. The van der Waals surface area contributed by atoms with Crippen LogP contribution in [-0.4, -0.2) is 28.3 Å². The minimum absolute atomic E-state index is 0.00843. The van der Waals surface area contributed by atoms with E-state index < -0.39 is 0 Å². The molecule has 1 aliphatic heterocycles. The highest BCUT2D eigenvalue weighted by Gasteiger charge is 2.14. The molecule has 0 saturated heterocycles. The number of nitrogens with zero attached hydrogens (tertiary/aromatic N) is 1. The van der Waals surface area contributed by atoms with E-state index >= 15 is 0 Å². The SMILES string of the molecule is C[C@H](NC(=O)CSC1=NCCS1)c1ccco1. The molecule has 0 spiro atoms. The van der Waals surface area contributed by atoms with Crippen LogP contribution in [0.25, 0.3) is 0 Å². The van der Waals surface area contributed by atoms with Gasteiger partial charge < -0.3 is 9.73 Å². The van der Waals surface area contributed by atoms with Crippen LogP contribution in [0.1, 0.15) is 18.7 Å². The molecule has 0 bridgehead atoms. The van der Waals surface area contributed by atoms with E-state index in [1.165, 1.54) is 11.8 Å². The maximum absolute atomic E-state index is 11.7. The van der Waals surface area contributed by atoms with E-state index in [-0.39, 0.29) is 11.9 Å². The Hall–Kier alpha value is -0.880. The predicted molar refractivity (Wildman–Crippen MR) is 72.5 cm³/mol. The highest BCUT2D eigenvalue weighted by molar-refractivity contribution is 8.39. The van der Waals surface area contributed by atoms with Gasteiger partial charge in [0.05, 0.1) is 24.6 Å². The highest BCUT2D eigenvalue weighted by atomic mass is 32.2. The van der Waals surface area contributed by atoms with E-state index in [0.29, 0.717) is 5.75 Å². The second-order valence-electron chi connectivity index (χ2n) is 3.59. The Balaban J connectivity index is 1.73. The van der Waals surface area contributed by atoms with Crippen molar-refractivity contribution < 1.29 is 9.21 Å². The molecule has 0 aromatic carbocycles. The number of aliphatic imine (C=N–C) groups is 1. The molecular formula is C11H14N2O2S2. The first-order chi connectivity index (χ1) is 8.25. The van der Waals surface area contributed by atoms with Crippen LogP contribution < -0.4 is 5.32 Å². The number of amides is 1. The topological polar surface area (TPSA) is 54.6 Å². The van der Waals surface area contributed by atoms with E-state index in [1.54, 1.807) is 18.0 Å². The summed E-state index contributed by atoms with van der Waals surface area (Å²) in [4.78, 5) is 15.9. The van der Waals surface area contributed by atoms with Crippen LogP contribution in [-0.2, 0) is 4.79 Å². The number of hydrogen-bond acceptors (Lipinski definition) is 5. The third kappa shape index (κ3) is 3.81. The molecule has 1 atom stereocenters. The zero-order chi connectivity index (χ0) is 12.1. The summed E-state index contributed by atoms with van der Waals surface area (Å²) in [6, 6.07) is 3.59. The van der Waals surface area contributed by atoms with Gasteiger partial charge in [-0.15, -0.1) is 0 Å². The molecule has 92 valence electrons. The third-order valence-corrected chi connectivity index (χ3v) is 4.48. The zero-order valence-electron chi connectivity index (χ0n) is 9.51. The van der Waals surface area contributed by atoms with Crippen molar-refractivity contribution in [1.82, 2.24) is 5.32 Å². The van der Waals surface area contributed by atoms with Crippen molar-refractivity contribution in [1.29, 1.82) is 0 Å². The maximum atomic E-state index is 11.7. The molecular weight excluding hydrogens is 256 g/mol. The van der Waals surface area contributed by atoms with Crippen LogP contribution in [0.5, 0.6) is 0 Å². The Morgan fingerprint density at radius 1 is 1.76 bits per heavy atom. The Kier molecular flexibility index (Phi) is 4.56. The molecule has 6 heteroatoms. The van der Waals surface area contributed by atoms with E-state index in [1.807, 2.05) is 19.1 Å². The molecule has 1 N–H and O–H groups in total. The molecule has 2 rings (SSSR count). The van der Waals surface area contributed by atoms with E-state index in [0.717, 1.165) is 22.4 Å². The fourth-order valence-corrected chi connectivity index (χ4v) is 3.24. The summed E-state index contributed by atoms with van der Waals surface area (Å²) in [6.45, 7) is 2.78. The Morgan fingerprint density at radius 3 is 3.29 bits per heavy atom. The van der Waals surface area contributed by atoms with Gasteiger partial charge in [0.25, 0.3) is 0 Å². The summed E-state index contributed by atoms with van der Waals surface area (Å²) < 4.78 is 6.24. The zero-order valence-corrected chi connectivity index (χ0v) is 11.1. The lowest BCUT2D eigenvalue weighted by atomic mass is 10.2. The van der Waals surface area contributed by atoms with Crippen LogP contribution in [0, 0.1) is 0 Å². The number of thioether (sulfide) groups is 2. The molecule has 1 aromatic heterocycles. The molecule has 17 heavy (non-hydrogen) atoms. The van der Waals surface area contributed by atoms with Crippen molar-refractivity contribution in [3.8, 4) is 0 Å². The standard InChI is InChI=1S/C11H14N2O2S2/c1-8(9-3-2-5-15-9)13-10(14)7-17-11-12-4-6-16-11/h2-3,5,8H,4,6-7H2,1H3,(H,13,14)/t8-/m0/s1. The Labute approximate surface area is 109 Å². The van der Waals surface area contributed by atoms with Gasteiger partial charge in [-0.05, 0) is 19.1 Å². The fraction of sp³-hybridized carbons (Fsp3) is 0.455. The van der Waals surface area contributed by atoms with Crippen molar-refractivity contribution in [2.45, 2.75) is 13.0 Å². The predicted octanol–water partition coefficient (Wildman–Crippen LogP) is 2.29. The molecule has 0 saturated carbocycles. The van der Waals surface area contributed by atoms with Crippen LogP contribution in [0.3, 0.4) is 0 Å². The molecule has 1 aliphatic rings. The number of carbonyl (C=O) groups excluding carboxylic acids is 1. The molecule has 0 radical (unpaired) electrons. The first kappa shape index (κ1) is 12.6. The lowest BCUT2D eigenvalue weighted by Crippen LogP contribution is -2.28. The summed E-state index contributed by atoms with van der Waals surface area (Å²) in [6.07, 6.45) is 1.61. The highest BCUT2D eigenvalue weighted by Crippen LogP contribution is 2.22. The van der Waals surface area contributed by atoms with Crippen molar-refractivity contribution in [3.05, 3.63) is 24.2 Å². The smallest absolute Gasteiger partial charge is 0.231 e. The van der Waals surface area contributed by atoms with Gasteiger partial charge in [-0.1, -0.05) is 23.5 Å². The summed E-state index contributed by atoms with van der Waals surface area (Å²) in [5.41, 5.74) is 0. The maximum Gasteiger partial charge on any atom is 0.231 e. The first-order valence-corrected chi connectivity index (χ1v) is 7.35. The van der Waals surface area contributed by atoms with Gasteiger partial charge in [-0.25, -0.2) is 0 Å². The summed E-state index contributed by atoms with van der Waals surface area (Å²) in [7, 11) is 0. The molecule has 0 unspecified atom stereocenters.